The molecule has 0 atom stereocenters. The lowest BCUT2D eigenvalue weighted by Crippen LogP contribution is -2.29. The molecule has 0 fully saturated rings. The number of carbonyl (C=O) groups excluding carboxylic acids is 3. The van der Waals surface area contributed by atoms with Crippen molar-refractivity contribution >= 4 is 29.2 Å². The quantitative estimate of drug-likeness (QED) is 0.532. The Hall–Kier alpha value is -3.15. The number of rotatable bonds is 3. The number of ether oxygens (including phenoxy) is 1. The lowest BCUT2D eigenvalue weighted by Gasteiger charge is -2.13. The molecule has 0 spiro atoms. The Morgan fingerprint density at radius 1 is 1.00 bits per heavy atom. The number of nitrogen functional groups attached to an aromatic ring is 1. The number of anilines is 2. The number of amides is 2. The number of benzene rings is 2. The van der Waals surface area contributed by atoms with Gasteiger partial charge in [0.05, 0.1) is 28.5 Å². The van der Waals surface area contributed by atoms with Crippen LogP contribution >= 0.6 is 0 Å². The maximum atomic E-state index is 12.6. The van der Waals surface area contributed by atoms with Gasteiger partial charge in [0.15, 0.2) is 0 Å². The van der Waals surface area contributed by atoms with Gasteiger partial charge in [-0.05, 0) is 56.3 Å². The monoisotopic (exact) mass is 324 g/mol. The lowest BCUT2D eigenvalue weighted by atomic mass is 10.1. The molecule has 0 saturated heterocycles. The minimum absolute atomic E-state index is 0.190. The topological polar surface area (TPSA) is 89.7 Å². The van der Waals surface area contributed by atoms with Gasteiger partial charge in [-0.1, -0.05) is 0 Å². The summed E-state index contributed by atoms with van der Waals surface area (Å²) in [5.74, 6) is -1.43. The van der Waals surface area contributed by atoms with E-state index in [0.29, 0.717) is 11.4 Å². The zero-order valence-electron chi connectivity index (χ0n) is 13.3. The molecule has 2 aromatic rings. The second-order valence-corrected chi connectivity index (χ2v) is 5.75. The van der Waals surface area contributed by atoms with Gasteiger partial charge >= 0.3 is 5.97 Å². The Labute approximate surface area is 138 Å². The molecular weight excluding hydrogens is 308 g/mol. The number of hydrogen-bond acceptors (Lipinski definition) is 5. The van der Waals surface area contributed by atoms with Gasteiger partial charge in [-0.2, -0.15) is 0 Å². The van der Waals surface area contributed by atoms with E-state index in [-0.39, 0.29) is 22.8 Å². The molecule has 0 radical (unpaired) electrons. The van der Waals surface area contributed by atoms with E-state index in [0.717, 1.165) is 4.90 Å². The van der Waals surface area contributed by atoms with Crippen LogP contribution in [0.3, 0.4) is 0 Å². The van der Waals surface area contributed by atoms with Crippen molar-refractivity contribution in [1.82, 2.24) is 0 Å². The van der Waals surface area contributed by atoms with Crippen LogP contribution in [0.5, 0.6) is 0 Å². The highest BCUT2D eigenvalue weighted by Crippen LogP contribution is 2.29. The molecule has 0 saturated carbocycles. The van der Waals surface area contributed by atoms with Crippen LogP contribution in [0.1, 0.15) is 44.9 Å². The minimum Gasteiger partial charge on any atom is -0.459 e. The van der Waals surface area contributed by atoms with Crippen LogP contribution in [0.25, 0.3) is 0 Å². The fourth-order valence-electron chi connectivity index (χ4n) is 2.51. The van der Waals surface area contributed by atoms with Crippen LogP contribution in [-0.2, 0) is 4.74 Å². The van der Waals surface area contributed by atoms with Crippen LogP contribution in [0.4, 0.5) is 11.4 Å². The van der Waals surface area contributed by atoms with Crippen molar-refractivity contribution in [2.75, 3.05) is 10.6 Å². The summed E-state index contributed by atoms with van der Waals surface area (Å²) in [6, 6.07) is 10.8. The largest absolute Gasteiger partial charge is 0.459 e. The summed E-state index contributed by atoms with van der Waals surface area (Å²) < 4.78 is 5.12. The molecule has 3 rings (SSSR count). The maximum Gasteiger partial charge on any atom is 0.338 e. The first-order valence-corrected chi connectivity index (χ1v) is 7.48. The Kier molecular flexibility index (Phi) is 3.81. The molecule has 0 aliphatic carbocycles. The minimum atomic E-state index is -0.529. The van der Waals surface area contributed by atoms with Gasteiger partial charge in [0.2, 0.25) is 0 Å². The van der Waals surface area contributed by atoms with Crippen LogP contribution in [-0.4, -0.2) is 23.9 Å². The molecule has 2 N–H and O–H groups in total. The molecule has 1 heterocycles. The van der Waals surface area contributed by atoms with Gasteiger partial charge in [0.25, 0.3) is 11.8 Å². The number of carbonyl (C=O) groups is 3. The highest BCUT2D eigenvalue weighted by molar-refractivity contribution is 6.34. The molecule has 6 heteroatoms. The molecule has 2 amide bonds. The fraction of sp³-hybridized carbons (Fsp3) is 0.167. The molecule has 0 aromatic heterocycles. The van der Waals surface area contributed by atoms with Gasteiger partial charge in [-0.25, -0.2) is 9.69 Å². The number of nitrogens with two attached hydrogens (primary N) is 1. The Bertz CT molecular complexity index is 841. The van der Waals surface area contributed by atoms with E-state index in [1.807, 2.05) is 0 Å². The highest BCUT2D eigenvalue weighted by Gasteiger charge is 2.37. The van der Waals surface area contributed by atoms with E-state index in [1.165, 1.54) is 18.2 Å². The second kappa shape index (κ2) is 5.81. The zero-order chi connectivity index (χ0) is 17.4. The molecule has 0 bridgehead atoms. The van der Waals surface area contributed by atoms with E-state index < -0.39 is 17.8 Å². The molecule has 6 nitrogen and oxygen atoms in total. The SMILES string of the molecule is CC(C)OC(=O)c1ccc2c(c1)C(=O)N(c1ccc(N)cc1)C2=O. The summed E-state index contributed by atoms with van der Waals surface area (Å²) in [4.78, 5) is 38.2. The van der Waals surface area contributed by atoms with Gasteiger partial charge in [-0.3, -0.25) is 9.59 Å². The standard InChI is InChI=1S/C18H16N2O4/c1-10(2)24-18(23)11-3-8-14-15(9-11)17(22)20(16(14)21)13-6-4-12(19)5-7-13/h3-10H,19H2,1-2H3. The summed E-state index contributed by atoms with van der Waals surface area (Å²) >= 11 is 0. The first-order chi connectivity index (χ1) is 11.4. The molecule has 1 aliphatic heterocycles. The Morgan fingerprint density at radius 3 is 2.25 bits per heavy atom. The highest BCUT2D eigenvalue weighted by atomic mass is 16.5. The first-order valence-electron chi connectivity index (χ1n) is 7.48. The molecule has 1 aliphatic rings. The van der Waals surface area contributed by atoms with Crippen molar-refractivity contribution in [2.45, 2.75) is 20.0 Å². The van der Waals surface area contributed by atoms with Crippen LogP contribution in [0.2, 0.25) is 0 Å². The Morgan fingerprint density at radius 2 is 1.62 bits per heavy atom. The normalized spacial score (nSPS) is 13.4. The fourth-order valence-corrected chi connectivity index (χ4v) is 2.51. The van der Waals surface area contributed by atoms with Crippen LogP contribution in [0, 0.1) is 0 Å². The van der Waals surface area contributed by atoms with Gasteiger partial charge < -0.3 is 10.5 Å². The summed E-state index contributed by atoms with van der Waals surface area (Å²) in [6.07, 6.45) is -0.269. The van der Waals surface area contributed by atoms with Crippen molar-refractivity contribution in [3.63, 3.8) is 0 Å². The predicted molar refractivity (Wildman–Crippen MR) is 89.0 cm³/mol. The second-order valence-electron chi connectivity index (χ2n) is 5.75. The number of nitrogens with zero attached hydrogens (tertiary/aromatic N) is 1. The first kappa shape index (κ1) is 15.7. The molecule has 24 heavy (non-hydrogen) atoms. The number of hydrogen-bond donors (Lipinski definition) is 1. The predicted octanol–water partition coefficient (Wildman–Crippen LogP) is 2.63. The lowest BCUT2D eigenvalue weighted by molar-refractivity contribution is 0.0377. The third-order valence-corrected chi connectivity index (χ3v) is 3.62. The van der Waals surface area contributed by atoms with Gasteiger partial charge in [0, 0.05) is 5.69 Å². The third-order valence-electron chi connectivity index (χ3n) is 3.62. The van der Waals surface area contributed by atoms with E-state index in [2.05, 4.69) is 0 Å². The van der Waals surface area contributed by atoms with E-state index in [4.69, 9.17) is 10.5 Å². The summed E-state index contributed by atoms with van der Waals surface area (Å²) in [5.41, 5.74) is 7.29. The van der Waals surface area contributed by atoms with Crippen molar-refractivity contribution in [2.24, 2.45) is 0 Å². The number of imide groups is 1. The van der Waals surface area contributed by atoms with Crippen molar-refractivity contribution in [3.8, 4) is 0 Å². The van der Waals surface area contributed by atoms with Crippen LogP contribution < -0.4 is 10.6 Å². The zero-order valence-corrected chi connectivity index (χ0v) is 13.3. The maximum absolute atomic E-state index is 12.6. The van der Waals surface area contributed by atoms with Gasteiger partial charge in [0.1, 0.15) is 0 Å². The van der Waals surface area contributed by atoms with E-state index in [1.54, 1.807) is 38.1 Å². The van der Waals surface area contributed by atoms with Crippen molar-refractivity contribution in [1.29, 1.82) is 0 Å². The molecular formula is C18H16N2O4. The average Bonchev–Trinajstić information content (AvgIpc) is 2.79. The van der Waals surface area contributed by atoms with E-state index >= 15 is 0 Å². The molecule has 2 aromatic carbocycles. The average molecular weight is 324 g/mol. The van der Waals surface area contributed by atoms with Gasteiger partial charge in [-0.15, -0.1) is 0 Å². The number of esters is 1. The molecule has 122 valence electrons. The molecule has 0 unspecified atom stereocenters. The Balaban J connectivity index is 1.97. The smallest absolute Gasteiger partial charge is 0.338 e. The van der Waals surface area contributed by atoms with Crippen molar-refractivity contribution < 1.29 is 19.1 Å². The van der Waals surface area contributed by atoms with E-state index in [9.17, 15) is 14.4 Å². The summed E-state index contributed by atoms with van der Waals surface area (Å²) in [5, 5.41) is 0. The van der Waals surface area contributed by atoms with Crippen molar-refractivity contribution in [3.05, 3.63) is 59.2 Å². The number of fused-ring (bicyclic) bond motifs is 1. The summed E-state index contributed by atoms with van der Waals surface area (Å²) in [7, 11) is 0. The summed E-state index contributed by atoms with van der Waals surface area (Å²) in [6.45, 7) is 3.48. The third kappa shape index (κ3) is 2.62. The van der Waals surface area contributed by atoms with Crippen LogP contribution in [0.15, 0.2) is 42.5 Å².